The number of esters is 1. The van der Waals surface area contributed by atoms with Gasteiger partial charge in [-0.2, -0.15) is 0 Å². The fourth-order valence-corrected chi connectivity index (χ4v) is 7.21. The Morgan fingerprint density at radius 1 is 1.00 bits per heavy atom. The Kier molecular flexibility index (Phi) is 12.2. The molecule has 3 N–H and O–H groups in total. The lowest BCUT2D eigenvalue weighted by molar-refractivity contribution is -0.165. The van der Waals surface area contributed by atoms with E-state index in [1.54, 1.807) is 31.6 Å². The number of phenols is 3. The third kappa shape index (κ3) is 9.76. The van der Waals surface area contributed by atoms with Crippen molar-refractivity contribution in [3.63, 3.8) is 0 Å². The summed E-state index contributed by atoms with van der Waals surface area (Å²) in [7, 11) is 1.54. The average Bonchev–Trinajstić information content (AvgIpc) is 3.59. The van der Waals surface area contributed by atoms with Gasteiger partial charge in [0.05, 0.1) is 25.9 Å². The molecule has 0 radical (unpaired) electrons. The molecule has 1 saturated carbocycles. The van der Waals surface area contributed by atoms with Gasteiger partial charge in [0, 0.05) is 38.6 Å². The maximum atomic E-state index is 12.2. The van der Waals surface area contributed by atoms with Gasteiger partial charge in [-0.3, -0.25) is 9.78 Å². The summed E-state index contributed by atoms with van der Waals surface area (Å²) in [5.74, 6) is 0.656. The number of aromatic hydroxyl groups is 3. The lowest BCUT2D eigenvalue weighted by Gasteiger charge is -2.39. The number of ether oxygens (including phenoxy) is 4. The predicted molar refractivity (Wildman–Crippen MR) is 178 cm³/mol. The first-order valence-electron chi connectivity index (χ1n) is 17.0. The third-order valence-electron chi connectivity index (χ3n) is 9.64. The Morgan fingerprint density at radius 2 is 1.83 bits per heavy atom. The fourth-order valence-electron chi connectivity index (χ4n) is 7.21. The van der Waals surface area contributed by atoms with E-state index in [4.69, 9.17) is 18.9 Å². The van der Waals surface area contributed by atoms with Gasteiger partial charge < -0.3 is 34.3 Å². The molecular formula is C38H49NO8. The molecule has 2 fully saturated rings. The number of hydrogen-bond donors (Lipinski definition) is 3. The van der Waals surface area contributed by atoms with E-state index in [1.165, 1.54) is 45.1 Å². The monoisotopic (exact) mass is 647 g/mol. The van der Waals surface area contributed by atoms with Crippen LogP contribution in [0.2, 0.25) is 0 Å². The highest BCUT2D eigenvalue weighted by molar-refractivity contribution is 5.66. The van der Waals surface area contributed by atoms with E-state index in [-0.39, 0.29) is 53.7 Å². The second-order valence-electron chi connectivity index (χ2n) is 13.1. The third-order valence-corrected chi connectivity index (χ3v) is 9.64. The molecule has 3 aromatic rings. The normalized spacial score (nSPS) is 20.5. The van der Waals surface area contributed by atoms with Crippen molar-refractivity contribution >= 4 is 5.97 Å². The maximum Gasteiger partial charge on any atom is 0.302 e. The van der Waals surface area contributed by atoms with Gasteiger partial charge in [-0.05, 0) is 71.7 Å². The van der Waals surface area contributed by atoms with Crippen LogP contribution in [0.5, 0.6) is 28.7 Å². The van der Waals surface area contributed by atoms with Crippen LogP contribution in [0.1, 0.15) is 93.9 Å². The van der Waals surface area contributed by atoms with Crippen LogP contribution < -0.4 is 9.47 Å². The van der Waals surface area contributed by atoms with Gasteiger partial charge in [0.1, 0.15) is 6.10 Å². The molecule has 9 heteroatoms. The summed E-state index contributed by atoms with van der Waals surface area (Å²) >= 11 is 0. The molecule has 47 heavy (non-hydrogen) atoms. The summed E-state index contributed by atoms with van der Waals surface area (Å²) in [5, 5.41) is 31.5. The lowest BCUT2D eigenvalue weighted by atomic mass is 9.83. The fraction of sp³-hybridized carbons (Fsp3) is 0.526. The number of methoxy groups -OCH3 is 1. The zero-order valence-electron chi connectivity index (χ0n) is 27.6. The molecule has 4 unspecified atom stereocenters. The van der Waals surface area contributed by atoms with Gasteiger partial charge in [0.25, 0.3) is 0 Å². The minimum atomic E-state index is -0.499. The summed E-state index contributed by atoms with van der Waals surface area (Å²) in [6, 6.07) is 12.5. The molecule has 0 bridgehead atoms. The van der Waals surface area contributed by atoms with Crippen molar-refractivity contribution in [2.24, 2.45) is 11.8 Å². The van der Waals surface area contributed by atoms with Gasteiger partial charge in [-0.1, -0.05) is 57.1 Å². The summed E-state index contributed by atoms with van der Waals surface area (Å²) in [6.07, 6.45) is 14.4. The number of nitrogens with zero attached hydrogens (tertiary/aromatic N) is 1. The number of rotatable bonds is 15. The molecule has 2 aliphatic rings. The van der Waals surface area contributed by atoms with Crippen molar-refractivity contribution in [3.8, 4) is 28.7 Å². The first-order chi connectivity index (χ1) is 22.8. The largest absolute Gasteiger partial charge is 0.504 e. The van der Waals surface area contributed by atoms with Crippen molar-refractivity contribution in [3.05, 3.63) is 71.5 Å². The number of carbonyl (C=O) groups is 1. The average molecular weight is 648 g/mol. The molecule has 4 atom stereocenters. The van der Waals surface area contributed by atoms with E-state index in [2.05, 4.69) is 4.98 Å². The number of unbranched alkanes of at least 4 members (excludes halogenated alkanes) is 1. The molecule has 1 aromatic heterocycles. The molecule has 2 aromatic carbocycles. The topological polar surface area (TPSA) is 128 Å². The number of carbonyl (C=O) groups excluding carboxylic acids is 1. The molecular weight excluding hydrogens is 598 g/mol. The Balaban J connectivity index is 1.35. The van der Waals surface area contributed by atoms with Crippen LogP contribution >= 0.6 is 0 Å². The molecule has 0 amide bonds. The van der Waals surface area contributed by atoms with Crippen molar-refractivity contribution in [2.45, 2.75) is 102 Å². The number of benzene rings is 2. The van der Waals surface area contributed by atoms with E-state index in [0.29, 0.717) is 37.0 Å². The first-order valence-corrected chi connectivity index (χ1v) is 17.0. The van der Waals surface area contributed by atoms with Gasteiger partial charge in [0.15, 0.2) is 23.0 Å². The van der Waals surface area contributed by atoms with Crippen LogP contribution in [0, 0.1) is 11.8 Å². The minimum Gasteiger partial charge on any atom is -0.504 e. The second-order valence-corrected chi connectivity index (χ2v) is 13.1. The smallest absolute Gasteiger partial charge is 0.302 e. The Labute approximate surface area is 277 Å². The lowest BCUT2D eigenvalue weighted by Crippen LogP contribution is -2.39. The van der Waals surface area contributed by atoms with E-state index in [1.807, 2.05) is 24.3 Å². The quantitative estimate of drug-likeness (QED) is 0.0868. The van der Waals surface area contributed by atoms with Gasteiger partial charge in [0.2, 0.25) is 5.75 Å². The first kappa shape index (κ1) is 34.4. The summed E-state index contributed by atoms with van der Waals surface area (Å²) in [4.78, 5) is 16.3. The SMILES string of the molecule is COc1cc(CC(CCCCC2CCCC2)C2CC(OC(C)=O)CC(c3cc(O)c(O)c(OCCc4cccnc4)c3)O2)ccc1O. The number of phenolic OH excluding ortho intramolecular Hbond substituents is 3. The van der Waals surface area contributed by atoms with Crippen LogP contribution in [0.15, 0.2) is 54.9 Å². The molecule has 1 aliphatic carbocycles. The summed E-state index contributed by atoms with van der Waals surface area (Å²) < 4.78 is 23.9. The van der Waals surface area contributed by atoms with E-state index in [0.717, 1.165) is 36.3 Å². The van der Waals surface area contributed by atoms with Crippen LogP contribution in [-0.2, 0) is 27.1 Å². The highest BCUT2D eigenvalue weighted by Gasteiger charge is 2.37. The molecule has 1 aliphatic heterocycles. The Bertz CT molecular complexity index is 1440. The van der Waals surface area contributed by atoms with Gasteiger partial charge >= 0.3 is 5.97 Å². The van der Waals surface area contributed by atoms with Crippen molar-refractivity contribution in [1.82, 2.24) is 4.98 Å². The zero-order valence-corrected chi connectivity index (χ0v) is 27.6. The van der Waals surface area contributed by atoms with Crippen molar-refractivity contribution in [2.75, 3.05) is 13.7 Å². The molecule has 254 valence electrons. The molecule has 5 rings (SSSR count). The minimum absolute atomic E-state index is 0.0962. The second kappa shape index (κ2) is 16.7. The van der Waals surface area contributed by atoms with Crippen molar-refractivity contribution < 1.29 is 39.1 Å². The Hall–Kier alpha value is -3.98. The number of aromatic nitrogens is 1. The molecule has 0 spiro atoms. The molecule has 2 heterocycles. The maximum absolute atomic E-state index is 12.2. The van der Waals surface area contributed by atoms with Crippen LogP contribution in [0.25, 0.3) is 0 Å². The van der Waals surface area contributed by atoms with Crippen LogP contribution in [0.3, 0.4) is 0 Å². The highest BCUT2D eigenvalue weighted by Crippen LogP contribution is 2.44. The Morgan fingerprint density at radius 3 is 2.57 bits per heavy atom. The predicted octanol–water partition coefficient (Wildman–Crippen LogP) is 7.59. The summed E-state index contributed by atoms with van der Waals surface area (Å²) in [6.45, 7) is 1.70. The molecule has 1 saturated heterocycles. The zero-order chi connectivity index (χ0) is 33.2. The van der Waals surface area contributed by atoms with Gasteiger partial charge in [-0.15, -0.1) is 0 Å². The summed E-state index contributed by atoms with van der Waals surface area (Å²) in [5.41, 5.74) is 2.67. The standard InChI is InChI=1S/C38H49NO8/c1-25(40)46-31-22-34(29(12-6-5-10-26-8-3-4-9-26)18-28-13-14-32(41)36(19-28)44-2)47-35(23-31)30-20-33(42)38(43)37(21-30)45-17-15-27-11-7-16-39-24-27/h7,11,13-14,16,19-21,24,26,29,31,34-35,41-43H,3-6,8-10,12,15,17-18,22-23H2,1-2H3. The number of pyridine rings is 1. The van der Waals surface area contributed by atoms with E-state index < -0.39 is 6.10 Å². The van der Waals surface area contributed by atoms with E-state index in [9.17, 15) is 20.1 Å². The van der Waals surface area contributed by atoms with Gasteiger partial charge in [-0.25, -0.2) is 0 Å². The van der Waals surface area contributed by atoms with Crippen molar-refractivity contribution in [1.29, 1.82) is 0 Å². The van der Waals surface area contributed by atoms with Crippen LogP contribution in [-0.4, -0.2) is 52.2 Å². The number of hydrogen-bond acceptors (Lipinski definition) is 9. The highest BCUT2D eigenvalue weighted by atomic mass is 16.6. The van der Waals surface area contributed by atoms with Crippen LogP contribution in [0.4, 0.5) is 0 Å². The molecule has 9 nitrogen and oxygen atoms in total. The van der Waals surface area contributed by atoms with E-state index >= 15 is 0 Å².